The van der Waals surface area contributed by atoms with E-state index in [1.807, 2.05) is 13.8 Å². The van der Waals surface area contributed by atoms with Crippen molar-refractivity contribution in [1.82, 2.24) is 9.97 Å². The van der Waals surface area contributed by atoms with Gasteiger partial charge in [-0.3, -0.25) is 0 Å². The summed E-state index contributed by atoms with van der Waals surface area (Å²) < 4.78 is 0. The molecule has 0 bridgehead atoms. The van der Waals surface area contributed by atoms with Gasteiger partial charge in [-0.1, -0.05) is 13.3 Å². The number of rotatable bonds is 4. The monoisotopic (exact) mass is 221 g/mol. The first-order valence-corrected chi connectivity index (χ1v) is 5.74. The van der Waals surface area contributed by atoms with Gasteiger partial charge >= 0.3 is 0 Å². The van der Waals surface area contributed by atoms with Crippen molar-refractivity contribution >= 4 is 11.6 Å². The summed E-state index contributed by atoms with van der Waals surface area (Å²) in [4.78, 5) is 8.64. The first-order valence-electron chi connectivity index (χ1n) is 5.74. The lowest BCUT2D eigenvalue weighted by molar-refractivity contribution is 0.772. The Morgan fingerprint density at radius 3 is 2.56 bits per heavy atom. The van der Waals surface area contributed by atoms with Crippen molar-refractivity contribution in [2.75, 3.05) is 10.7 Å². The van der Waals surface area contributed by atoms with Crippen LogP contribution in [0.5, 0.6) is 0 Å². The Labute approximate surface area is 95.8 Å². The Bertz CT molecular complexity index is 390. The Kier molecular flexibility index (Phi) is 2.96. The highest BCUT2D eigenvalue weighted by molar-refractivity contribution is 5.57. The number of hydrazine groups is 1. The van der Waals surface area contributed by atoms with Crippen LogP contribution in [0.3, 0.4) is 0 Å². The summed E-state index contributed by atoms with van der Waals surface area (Å²) in [5, 5.41) is 3.45. The minimum Gasteiger partial charge on any atom is -0.367 e. The Balaban J connectivity index is 2.17. The van der Waals surface area contributed by atoms with Crippen LogP contribution >= 0.6 is 0 Å². The lowest BCUT2D eigenvalue weighted by Crippen LogP contribution is -2.15. The molecule has 5 heteroatoms. The predicted octanol–water partition coefficient (Wildman–Crippen LogP) is 1.59. The minimum absolute atomic E-state index is 0.573. The standard InChI is InChI=1S/C11H19N5/c1-4-8-5-9(8)15-10-6(2)11(16-12)14-7(3)13-10/h8-9H,4-5,12H2,1-3H3,(H2,13,14,15,16). The van der Waals surface area contributed by atoms with Gasteiger partial charge < -0.3 is 10.7 Å². The van der Waals surface area contributed by atoms with Crippen LogP contribution in [0.2, 0.25) is 0 Å². The average molecular weight is 221 g/mol. The van der Waals surface area contributed by atoms with Gasteiger partial charge in [0.2, 0.25) is 0 Å². The number of aryl methyl sites for hydroxylation is 1. The summed E-state index contributed by atoms with van der Waals surface area (Å²) in [6.07, 6.45) is 2.47. The first-order chi connectivity index (χ1) is 7.65. The second-order valence-electron chi connectivity index (χ2n) is 4.39. The van der Waals surface area contributed by atoms with Crippen LogP contribution in [0.1, 0.15) is 31.2 Å². The third kappa shape index (κ3) is 2.09. The van der Waals surface area contributed by atoms with Crippen LogP contribution in [0.15, 0.2) is 0 Å². The average Bonchev–Trinajstić information content (AvgIpc) is 3.01. The van der Waals surface area contributed by atoms with E-state index in [1.54, 1.807) is 0 Å². The molecule has 1 heterocycles. The largest absolute Gasteiger partial charge is 0.367 e. The molecule has 1 aliphatic rings. The van der Waals surface area contributed by atoms with Crippen molar-refractivity contribution in [3.63, 3.8) is 0 Å². The number of aromatic nitrogens is 2. The maximum atomic E-state index is 5.42. The fraction of sp³-hybridized carbons (Fsp3) is 0.636. The van der Waals surface area contributed by atoms with Gasteiger partial charge in [0.15, 0.2) is 0 Å². The number of nitrogens with zero attached hydrogens (tertiary/aromatic N) is 2. The van der Waals surface area contributed by atoms with Crippen molar-refractivity contribution < 1.29 is 0 Å². The molecule has 0 aliphatic heterocycles. The number of nitrogens with two attached hydrogens (primary N) is 1. The van der Waals surface area contributed by atoms with Crippen LogP contribution in [0.4, 0.5) is 11.6 Å². The van der Waals surface area contributed by atoms with Gasteiger partial charge in [0.25, 0.3) is 0 Å². The maximum Gasteiger partial charge on any atom is 0.148 e. The Morgan fingerprint density at radius 2 is 2.00 bits per heavy atom. The van der Waals surface area contributed by atoms with Gasteiger partial charge in [-0.05, 0) is 26.2 Å². The molecule has 4 N–H and O–H groups in total. The molecule has 0 spiro atoms. The molecule has 1 fully saturated rings. The van der Waals surface area contributed by atoms with E-state index >= 15 is 0 Å². The highest BCUT2D eigenvalue weighted by Crippen LogP contribution is 2.36. The van der Waals surface area contributed by atoms with Crippen LogP contribution in [-0.4, -0.2) is 16.0 Å². The van der Waals surface area contributed by atoms with Crippen LogP contribution in [-0.2, 0) is 0 Å². The molecule has 1 saturated carbocycles. The van der Waals surface area contributed by atoms with E-state index in [1.165, 1.54) is 12.8 Å². The second kappa shape index (κ2) is 4.25. The van der Waals surface area contributed by atoms with Crippen molar-refractivity contribution in [3.8, 4) is 0 Å². The van der Waals surface area contributed by atoms with Crippen LogP contribution in [0.25, 0.3) is 0 Å². The molecule has 16 heavy (non-hydrogen) atoms. The normalized spacial score (nSPS) is 23.0. The summed E-state index contributed by atoms with van der Waals surface area (Å²) in [7, 11) is 0. The zero-order chi connectivity index (χ0) is 11.7. The molecule has 2 rings (SSSR count). The third-order valence-corrected chi connectivity index (χ3v) is 3.16. The van der Waals surface area contributed by atoms with Crippen LogP contribution in [0, 0.1) is 19.8 Å². The van der Waals surface area contributed by atoms with Crippen molar-refractivity contribution in [3.05, 3.63) is 11.4 Å². The molecule has 0 radical (unpaired) electrons. The van der Waals surface area contributed by atoms with Gasteiger partial charge in [-0.15, -0.1) is 0 Å². The third-order valence-electron chi connectivity index (χ3n) is 3.16. The van der Waals surface area contributed by atoms with Gasteiger partial charge in [0.1, 0.15) is 17.5 Å². The number of hydrogen-bond acceptors (Lipinski definition) is 5. The van der Waals surface area contributed by atoms with E-state index < -0.39 is 0 Å². The molecule has 0 amide bonds. The molecule has 2 atom stereocenters. The summed E-state index contributed by atoms with van der Waals surface area (Å²) in [5.74, 6) is 8.55. The summed E-state index contributed by atoms with van der Waals surface area (Å²) >= 11 is 0. The molecular weight excluding hydrogens is 202 g/mol. The topological polar surface area (TPSA) is 75.9 Å². The fourth-order valence-electron chi connectivity index (χ4n) is 1.96. The lowest BCUT2D eigenvalue weighted by atomic mass is 10.3. The van der Waals surface area contributed by atoms with Gasteiger partial charge in [0, 0.05) is 11.6 Å². The quantitative estimate of drug-likeness (QED) is 0.531. The molecular formula is C11H19N5. The van der Waals surface area contributed by atoms with Crippen LogP contribution < -0.4 is 16.6 Å². The summed E-state index contributed by atoms with van der Waals surface area (Å²) in [6.45, 7) is 6.06. The Hall–Kier alpha value is -1.36. The first kappa shape index (κ1) is 11.1. The maximum absolute atomic E-state index is 5.42. The molecule has 5 nitrogen and oxygen atoms in total. The summed E-state index contributed by atoms with van der Waals surface area (Å²) in [5.41, 5.74) is 3.59. The van der Waals surface area contributed by atoms with Crippen molar-refractivity contribution in [2.45, 2.75) is 39.7 Å². The molecule has 0 aromatic carbocycles. The molecule has 88 valence electrons. The van der Waals surface area contributed by atoms with E-state index in [4.69, 9.17) is 5.84 Å². The van der Waals surface area contributed by atoms with E-state index in [9.17, 15) is 0 Å². The molecule has 1 aromatic rings. The van der Waals surface area contributed by atoms with Gasteiger partial charge in [0.05, 0.1) is 0 Å². The van der Waals surface area contributed by atoms with Gasteiger partial charge in [-0.25, -0.2) is 15.8 Å². The molecule has 1 aromatic heterocycles. The number of hydrogen-bond donors (Lipinski definition) is 3. The minimum atomic E-state index is 0.573. The van der Waals surface area contributed by atoms with E-state index in [-0.39, 0.29) is 0 Å². The number of nitrogen functional groups attached to an aromatic ring is 1. The fourth-order valence-corrected chi connectivity index (χ4v) is 1.96. The zero-order valence-corrected chi connectivity index (χ0v) is 10.0. The SMILES string of the molecule is CCC1CC1Nc1nc(C)nc(NN)c1C. The van der Waals surface area contributed by atoms with E-state index in [0.29, 0.717) is 11.9 Å². The molecule has 2 unspecified atom stereocenters. The highest BCUT2D eigenvalue weighted by Gasteiger charge is 2.35. The van der Waals surface area contributed by atoms with Crippen molar-refractivity contribution in [2.24, 2.45) is 11.8 Å². The smallest absolute Gasteiger partial charge is 0.148 e. The molecule has 1 aliphatic carbocycles. The predicted molar refractivity (Wildman–Crippen MR) is 65.1 cm³/mol. The van der Waals surface area contributed by atoms with E-state index in [0.717, 1.165) is 23.1 Å². The second-order valence-corrected chi connectivity index (χ2v) is 4.39. The molecule has 0 saturated heterocycles. The lowest BCUT2D eigenvalue weighted by Gasteiger charge is -2.12. The Morgan fingerprint density at radius 1 is 1.31 bits per heavy atom. The number of nitrogens with one attached hydrogen (secondary N) is 2. The van der Waals surface area contributed by atoms with Crippen molar-refractivity contribution in [1.29, 1.82) is 0 Å². The summed E-state index contributed by atoms with van der Waals surface area (Å²) in [6, 6.07) is 0.573. The number of anilines is 2. The zero-order valence-electron chi connectivity index (χ0n) is 10.0. The van der Waals surface area contributed by atoms with Gasteiger partial charge in [-0.2, -0.15) is 0 Å². The van der Waals surface area contributed by atoms with E-state index in [2.05, 4.69) is 27.6 Å². The highest BCUT2D eigenvalue weighted by atomic mass is 15.3.